The van der Waals surface area contributed by atoms with E-state index in [1.165, 1.54) is 11.1 Å². The van der Waals surface area contributed by atoms with E-state index in [2.05, 4.69) is 15.0 Å². The van der Waals surface area contributed by atoms with Crippen LogP contribution in [0.2, 0.25) is 0 Å². The quantitative estimate of drug-likeness (QED) is 0.741. The van der Waals surface area contributed by atoms with Crippen molar-refractivity contribution < 1.29 is 9.90 Å². The second-order valence-corrected chi connectivity index (χ2v) is 5.18. The summed E-state index contributed by atoms with van der Waals surface area (Å²) in [6.45, 7) is 2.03. The van der Waals surface area contributed by atoms with Crippen LogP contribution in [0.3, 0.4) is 0 Å². The monoisotopic (exact) mass is 259 g/mol. The average Bonchev–Trinajstić information content (AvgIpc) is 2.93. The Morgan fingerprint density at radius 2 is 2.28 bits per heavy atom. The summed E-state index contributed by atoms with van der Waals surface area (Å²) in [4.78, 5) is 24.5. The molecule has 0 bridgehead atoms. The van der Waals surface area contributed by atoms with Crippen LogP contribution in [0.4, 0.5) is 0 Å². The average molecular weight is 259 g/mol. The summed E-state index contributed by atoms with van der Waals surface area (Å²) in [7, 11) is 0. The first kappa shape index (κ1) is 10.9. The fourth-order valence-electron chi connectivity index (χ4n) is 1.70. The van der Waals surface area contributed by atoms with Gasteiger partial charge in [-0.3, -0.25) is 0 Å². The van der Waals surface area contributed by atoms with Crippen LogP contribution in [0.25, 0.3) is 21.9 Å². The Labute approximate surface area is 106 Å². The van der Waals surface area contributed by atoms with Crippen LogP contribution in [0, 0.1) is 6.92 Å². The van der Waals surface area contributed by atoms with Crippen molar-refractivity contribution in [3.63, 3.8) is 0 Å². The van der Waals surface area contributed by atoms with Crippen molar-refractivity contribution in [3.05, 3.63) is 34.8 Å². The minimum atomic E-state index is -0.993. The van der Waals surface area contributed by atoms with E-state index in [-0.39, 0.29) is 5.56 Å². The molecule has 3 rings (SSSR count). The van der Waals surface area contributed by atoms with Gasteiger partial charge in [-0.15, -0.1) is 11.3 Å². The number of rotatable bonds is 2. The summed E-state index contributed by atoms with van der Waals surface area (Å²) >= 11 is 1.63. The number of carboxylic acid groups (broad SMARTS) is 1. The molecular formula is C12H9N3O2S. The van der Waals surface area contributed by atoms with Crippen LogP contribution >= 0.6 is 11.3 Å². The third-order valence-corrected chi connectivity index (χ3v) is 3.57. The zero-order valence-corrected chi connectivity index (χ0v) is 10.3. The normalized spacial score (nSPS) is 10.9. The summed E-state index contributed by atoms with van der Waals surface area (Å²) in [6, 6.07) is 5.54. The molecule has 0 fully saturated rings. The SMILES string of the molecule is Cc1ccc(-c2nc3ncc(C(=O)O)cc3[nH]2)s1. The zero-order valence-electron chi connectivity index (χ0n) is 9.47. The van der Waals surface area contributed by atoms with Crippen molar-refractivity contribution in [2.45, 2.75) is 6.92 Å². The first-order valence-corrected chi connectivity index (χ1v) is 6.11. The molecular weight excluding hydrogens is 250 g/mol. The van der Waals surface area contributed by atoms with Gasteiger partial charge in [-0.05, 0) is 25.1 Å². The van der Waals surface area contributed by atoms with Crippen LogP contribution in [0.5, 0.6) is 0 Å². The van der Waals surface area contributed by atoms with E-state index < -0.39 is 5.97 Å². The van der Waals surface area contributed by atoms with Crippen LogP contribution in [-0.2, 0) is 0 Å². The minimum absolute atomic E-state index is 0.153. The molecule has 0 saturated carbocycles. The highest BCUT2D eigenvalue weighted by molar-refractivity contribution is 7.15. The van der Waals surface area contributed by atoms with Gasteiger partial charge in [0.1, 0.15) is 0 Å². The van der Waals surface area contributed by atoms with Gasteiger partial charge in [0.2, 0.25) is 0 Å². The fraction of sp³-hybridized carbons (Fsp3) is 0.0833. The van der Waals surface area contributed by atoms with E-state index in [1.54, 1.807) is 17.4 Å². The number of H-pyrrole nitrogens is 1. The Morgan fingerprint density at radius 3 is 2.94 bits per heavy atom. The summed E-state index contributed by atoms with van der Waals surface area (Å²) in [6.07, 6.45) is 1.31. The maximum Gasteiger partial charge on any atom is 0.337 e. The summed E-state index contributed by atoms with van der Waals surface area (Å²) in [5.41, 5.74) is 1.32. The van der Waals surface area contributed by atoms with Gasteiger partial charge in [-0.1, -0.05) is 0 Å². The van der Waals surface area contributed by atoms with Gasteiger partial charge in [0.15, 0.2) is 11.5 Å². The molecule has 2 N–H and O–H groups in total. The molecule has 0 aromatic carbocycles. The maximum atomic E-state index is 10.9. The molecule has 6 heteroatoms. The minimum Gasteiger partial charge on any atom is -0.478 e. The Morgan fingerprint density at radius 1 is 1.44 bits per heavy atom. The number of aryl methyl sites for hydroxylation is 1. The lowest BCUT2D eigenvalue weighted by Gasteiger charge is -1.91. The number of nitrogens with one attached hydrogen (secondary N) is 1. The Hall–Kier alpha value is -2.21. The molecule has 0 aliphatic heterocycles. The number of fused-ring (bicyclic) bond motifs is 1. The smallest absolute Gasteiger partial charge is 0.337 e. The second-order valence-electron chi connectivity index (χ2n) is 3.90. The summed E-state index contributed by atoms with van der Waals surface area (Å²) in [5, 5.41) is 8.90. The lowest BCUT2D eigenvalue weighted by atomic mass is 10.3. The lowest BCUT2D eigenvalue weighted by Crippen LogP contribution is -1.96. The van der Waals surface area contributed by atoms with Crippen molar-refractivity contribution >= 4 is 28.5 Å². The van der Waals surface area contributed by atoms with Gasteiger partial charge >= 0.3 is 5.97 Å². The first-order valence-electron chi connectivity index (χ1n) is 5.29. The molecule has 0 atom stereocenters. The van der Waals surface area contributed by atoms with Gasteiger partial charge in [0, 0.05) is 11.1 Å². The van der Waals surface area contributed by atoms with E-state index in [0.29, 0.717) is 11.2 Å². The Balaban J connectivity index is 2.13. The highest BCUT2D eigenvalue weighted by Crippen LogP contribution is 2.26. The number of aromatic amines is 1. The Bertz CT molecular complexity index is 745. The molecule has 3 heterocycles. The van der Waals surface area contributed by atoms with Crippen molar-refractivity contribution in [2.75, 3.05) is 0 Å². The summed E-state index contributed by atoms with van der Waals surface area (Å²) in [5.74, 6) is -0.273. The molecule has 0 amide bonds. The molecule has 90 valence electrons. The van der Waals surface area contributed by atoms with Crippen molar-refractivity contribution in [3.8, 4) is 10.7 Å². The van der Waals surface area contributed by atoms with E-state index in [1.807, 2.05) is 19.1 Å². The van der Waals surface area contributed by atoms with Crippen molar-refractivity contribution in [1.82, 2.24) is 15.0 Å². The van der Waals surface area contributed by atoms with Crippen LogP contribution in [0.1, 0.15) is 15.2 Å². The molecule has 0 radical (unpaired) electrons. The maximum absolute atomic E-state index is 10.9. The van der Waals surface area contributed by atoms with Gasteiger partial charge < -0.3 is 10.1 Å². The number of aromatic nitrogens is 3. The molecule has 0 saturated heterocycles. The number of carboxylic acids is 1. The van der Waals surface area contributed by atoms with Crippen molar-refractivity contribution in [2.24, 2.45) is 0 Å². The molecule has 3 aromatic heterocycles. The molecule has 0 aliphatic rings. The molecule has 0 spiro atoms. The second kappa shape index (κ2) is 3.92. The van der Waals surface area contributed by atoms with Gasteiger partial charge in [-0.2, -0.15) is 0 Å². The van der Waals surface area contributed by atoms with Gasteiger partial charge in [-0.25, -0.2) is 14.8 Å². The Kier molecular flexibility index (Phi) is 2.38. The number of aromatic carboxylic acids is 1. The number of nitrogens with zero attached hydrogens (tertiary/aromatic N) is 2. The zero-order chi connectivity index (χ0) is 12.7. The number of thiophene rings is 1. The highest BCUT2D eigenvalue weighted by atomic mass is 32.1. The fourth-order valence-corrected chi connectivity index (χ4v) is 2.51. The number of pyridine rings is 1. The first-order chi connectivity index (χ1) is 8.63. The molecule has 18 heavy (non-hydrogen) atoms. The van der Waals surface area contributed by atoms with Gasteiger partial charge in [0.25, 0.3) is 0 Å². The van der Waals surface area contributed by atoms with Gasteiger partial charge in [0.05, 0.1) is 16.0 Å². The highest BCUT2D eigenvalue weighted by Gasteiger charge is 2.10. The summed E-state index contributed by atoms with van der Waals surface area (Å²) < 4.78 is 0. The standard InChI is InChI=1S/C12H9N3O2S/c1-6-2-3-9(18-6)11-14-8-4-7(12(16)17)5-13-10(8)15-11/h2-5H,1H3,(H,16,17)(H,13,14,15). The van der Waals surface area contributed by atoms with E-state index in [9.17, 15) is 4.79 Å². The number of carbonyl (C=O) groups is 1. The molecule has 3 aromatic rings. The third-order valence-electron chi connectivity index (χ3n) is 2.56. The third kappa shape index (κ3) is 1.76. The van der Waals surface area contributed by atoms with Crippen LogP contribution < -0.4 is 0 Å². The number of hydrogen-bond acceptors (Lipinski definition) is 4. The van der Waals surface area contributed by atoms with Crippen LogP contribution in [0.15, 0.2) is 24.4 Å². The van der Waals surface area contributed by atoms with Crippen LogP contribution in [-0.4, -0.2) is 26.0 Å². The lowest BCUT2D eigenvalue weighted by molar-refractivity contribution is 0.0696. The van der Waals surface area contributed by atoms with E-state index in [4.69, 9.17) is 5.11 Å². The molecule has 0 unspecified atom stereocenters. The topological polar surface area (TPSA) is 78.9 Å². The molecule has 5 nitrogen and oxygen atoms in total. The van der Waals surface area contributed by atoms with E-state index >= 15 is 0 Å². The predicted molar refractivity (Wildman–Crippen MR) is 68.9 cm³/mol. The molecule has 0 aliphatic carbocycles. The van der Waals surface area contributed by atoms with E-state index in [0.717, 1.165) is 10.7 Å². The predicted octanol–water partition coefficient (Wildman–Crippen LogP) is 2.69. The number of hydrogen-bond donors (Lipinski definition) is 2. The number of imidazole rings is 1. The van der Waals surface area contributed by atoms with Crippen molar-refractivity contribution in [1.29, 1.82) is 0 Å². The largest absolute Gasteiger partial charge is 0.478 e.